The molecule has 9 heteroatoms. The Balaban J connectivity index is 1.30. The normalized spacial score (nSPS) is 14.2. The Morgan fingerprint density at radius 3 is 2.58 bits per heavy atom. The largest absolute Gasteiger partial charge is 0.454 e. The molecule has 0 bridgehead atoms. The minimum absolute atomic E-state index is 0.0868. The third-order valence-electron chi connectivity index (χ3n) is 6.02. The second kappa shape index (κ2) is 10.5. The number of aromatic nitrogens is 1. The van der Waals surface area contributed by atoms with Gasteiger partial charge in [0, 0.05) is 43.0 Å². The molecule has 190 valence electrons. The molecule has 4 aromatic rings. The van der Waals surface area contributed by atoms with Crippen molar-refractivity contribution in [1.82, 2.24) is 10.3 Å². The Kier molecular flexibility index (Phi) is 6.82. The molecule has 8 nitrogen and oxygen atoms in total. The molecular formula is C29H22FN3O5. The third kappa shape index (κ3) is 5.22. The summed E-state index contributed by atoms with van der Waals surface area (Å²) >= 11 is 0. The van der Waals surface area contributed by atoms with E-state index in [1.807, 2.05) is 30.3 Å². The van der Waals surface area contributed by atoms with Crippen molar-refractivity contribution in [3.63, 3.8) is 0 Å². The Bertz CT molecular complexity index is 1540. The van der Waals surface area contributed by atoms with Gasteiger partial charge in [-0.3, -0.25) is 14.6 Å². The summed E-state index contributed by atoms with van der Waals surface area (Å²) in [5.41, 5.74) is 2.66. The molecule has 1 atom stereocenters. The summed E-state index contributed by atoms with van der Waals surface area (Å²) in [6, 6.07) is 21.0. The van der Waals surface area contributed by atoms with E-state index in [-0.39, 0.29) is 22.9 Å². The number of hydrogen-bond acceptors (Lipinski definition) is 6. The number of cyclic esters (lactones) is 1. The SMILES string of the molecule is CNC(=O)c1cc(Oc2ccc(NC(=O)c3ccc4c(c3)CC(c3ccccc3)OC4=O)cc2F)ccn1. The lowest BCUT2D eigenvalue weighted by Gasteiger charge is -2.25. The highest BCUT2D eigenvalue weighted by Crippen LogP contribution is 2.31. The lowest BCUT2D eigenvalue weighted by atomic mass is 9.93. The molecule has 0 radical (unpaired) electrons. The van der Waals surface area contributed by atoms with Crippen molar-refractivity contribution in [3.8, 4) is 11.5 Å². The molecule has 1 aliphatic rings. The molecule has 1 aromatic heterocycles. The second-order valence-corrected chi connectivity index (χ2v) is 8.54. The maximum absolute atomic E-state index is 14.8. The monoisotopic (exact) mass is 511 g/mol. The molecule has 0 saturated carbocycles. The highest BCUT2D eigenvalue weighted by molar-refractivity contribution is 6.05. The average molecular weight is 512 g/mol. The number of pyridine rings is 1. The molecular weight excluding hydrogens is 489 g/mol. The van der Waals surface area contributed by atoms with E-state index in [4.69, 9.17) is 9.47 Å². The Hall–Kier alpha value is -5.05. The number of amides is 2. The van der Waals surface area contributed by atoms with Crippen LogP contribution < -0.4 is 15.4 Å². The van der Waals surface area contributed by atoms with Crippen molar-refractivity contribution in [2.24, 2.45) is 0 Å². The van der Waals surface area contributed by atoms with Crippen LogP contribution in [0.5, 0.6) is 11.5 Å². The van der Waals surface area contributed by atoms with Crippen LogP contribution in [0.15, 0.2) is 85.1 Å². The number of nitrogens with zero attached hydrogens (tertiary/aromatic N) is 1. The van der Waals surface area contributed by atoms with Gasteiger partial charge >= 0.3 is 5.97 Å². The zero-order chi connectivity index (χ0) is 26.6. The maximum atomic E-state index is 14.8. The van der Waals surface area contributed by atoms with E-state index in [0.29, 0.717) is 23.1 Å². The predicted molar refractivity (Wildman–Crippen MR) is 137 cm³/mol. The number of halogens is 1. The number of rotatable bonds is 6. The van der Waals surface area contributed by atoms with Crippen LogP contribution in [0.2, 0.25) is 0 Å². The van der Waals surface area contributed by atoms with Gasteiger partial charge in [0.2, 0.25) is 0 Å². The third-order valence-corrected chi connectivity index (χ3v) is 6.02. The first kappa shape index (κ1) is 24.6. The van der Waals surface area contributed by atoms with Gasteiger partial charge in [-0.25, -0.2) is 9.18 Å². The maximum Gasteiger partial charge on any atom is 0.339 e. The molecule has 2 heterocycles. The second-order valence-electron chi connectivity index (χ2n) is 8.54. The fourth-order valence-corrected chi connectivity index (χ4v) is 4.11. The van der Waals surface area contributed by atoms with Crippen molar-refractivity contribution < 1.29 is 28.2 Å². The molecule has 0 saturated heterocycles. The molecule has 1 aliphatic heterocycles. The lowest BCUT2D eigenvalue weighted by Crippen LogP contribution is -2.23. The standard InChI is InChI=1S/C29H22FN3O5/c1-31-28(35)24-16-21(11-12-32-24)37-25-10-8-20(15-23(25)30)33-27(34)18-7-9-22-19(13-18)14-26(38-29(22)36)17-5-3-2-4-6-17/h2-13,15-16,26H,14H2,1H3,(H,31,35)(H,33,34). The van der Waals surface area contributed by atoms with Crippen LogP contribution in [0.3, 0.4) is 0 Å². The molecule has 2 N–H and O–H groups in total. The molecule has 0 fully saturated rings. The minimum atomic E-state index is -0.708. The molecule has 2 amide bonds. The van der Waals surface area contributed by atoms with Crippen molar-refractivity contribution in [3.05, 3.63) is 119 Å². The number of nitrogens with one attached hydrogen (secondary N) is 2. The van der Waals surface area contributed by atoms with E-state index in [1.54, 1.807) is 12.1 Å². The first-order chi connectivity index (χ1) is 18.4. The van der Waals surface area contributed by atoms with Crippen LogP contribution in [0.25, 0.3) is 0 Å². The van der Waals surface area contributed by atoms with Gasteiger partial charge in [0.25, 0.3) is 11.8 Å². The van der Waals surface area contributed by atoms with Gasteiger partial charge in [0.15, 0.2) is 11.6 Å². The molecule has 1 unspecified atom stereocenters. The zero-order valence-corrected chi connectivity index (χ0v) is 20.2. The van der Waals surface area contributed by atoms with Gasteiger partial charge in [-0.2, -0.15) is 0 Å². The van der Waals surface area contributed by atoms with Crippen LogP contribution in [0.4, 0.5) is 10.1 Å². The molecule has 0 spiro atoms. The first-order valence-corrected chi connectivity index (χ1v) is 11.8. The zero-order valence-electron chi connectivity index (χ0n) is 20.2. The van der Waals surface area contributed by atoms with Crippen LogP contribution >= 0.6 is 0 Å². The Morgan fingerprint density at radius 1 is 1.00 bits per heavy atom. The van der Waals surface area contributed by atoms with Crippen molar-refractivity contribution in [2.45, 2.75) is 12.5 Å². The van der Waals surface area contributed by atoms with Gasteiger partial charge in [-0.15, -0.1) is 0 Å². The first-order valence-electron chi connectivity index (χ1n) is 11.8. The number of carbonyl (C=O) groups is 3. The predicted octanol–water partition coefficient (Wildman–Crippen LogP) is 5.08. The van der Waals surface area contributed by atoms with Gasteiger partial charge < -0.3 is 20.1 Å². The topological polar surface area (TPSA) is 107 Å². The number of fused-ring (bicyclic) bond motifs is 1. The number of carbonyl (C=O) groups excluding carboxylic acids is 3. The molecule has 0 aliphatic carbocycles. The summed E-state index contributed by atoms with van der Waals surface area (Å²) in [5.74, 6) is -1.86. The lowest BCUT2D eigenvalue weighted by molar-refractivity contribution is 0.0252. The van der Waals surface area contributed by atoms with E-state index >= 15 is 0 Å². The average Bonchev–Trinajstić information content (AvgIpc) is 2.94. The molecule has 5 rings (SSSR count). The minimum Gasteiger partial charge on any atom is -0.454 e. The summed E-state index contributed by atoms with van der Waals surface area (Å²) in [6.45, 7) is 0. The smallest absolute Gasteiger partial charge is 0.339 e. The summed E-state index contributed by atoms with van der Waals surface area (Å²) < 4.78 is 25.9. The van der Waals surface area contributed by atoms with Crippen molar-refractivity contribution >= 4 is 23.5 Å². The van der Waals surface area contributed by atoms with Crippen LogP contribution in [0.1, 0.15) is 48.4 Å². The van der Waals surface area contributed by atoms with Crippen LogP contribution in [0, 0.1) is 5.82 Å². The van der Waals surface area contributed by atoms with E-state index in [0.717, 1.165) is 11.6 Å². The molecule has 3 aromatic carbocycles. The number of hydrogen-bond donors (Lipinski definition) is 2. The summed E-state index contributed by atoms with van der Waals surface area (Å²) in [5, 5.41) is 5.13. The highest BCUT2D eigenvalue weighted by Gasteiger charge is 2.28. The summed E-state index contributed by atoms with van der Waals surface area (Å²) in [6.07, 6.45) is 1.37. The number of benzene rings is 3. The van der Waals surface area contributed by atoms with Gasteiger partial charge in [-0.1, -0.05) is 30.3 Å². The van der Waals surface area contributed by atoms with E-state index in [1.165, 1.54) is 43.6 Å². The number of esters is 1. The van der Waals surface area contributed by atoms with E-state index in [9.17, 15) is 18.8 Å². The van der Waals surface area contributed by atoms with Crippen LogP contribution in [-0.2, 0) is 11.2 Å². The van der Waals surface area contributed by atoms with Gasteiger partial charge in [0.05, 0.1) is 5.56 Å². The van der Waals surface area contributed by atoms with Crippen molar-refractivity contribution in [2.75, 3.05) is 12.4 Å². The molecule has 38 heavy (non-hydrogen) atoms. The number of ether oxygens (including phenoxy) is 2. The summed E-state index contributed by atoms with van der Waals surface area (Å²) in [4.78, 5) is 41.1. The fraction of sp³-hybridized carbons (Fsp3) is 0.103. The highest BCUT2D eigenvalue weighted by atomic mass is 19.1. The van der Waals surface area contributed by atoms with Crippen molar-refractivity contribution in [1.29, 1.82) is 0 Å². The fourth-order valence-electron chi connectivity index (χ4n) is 4.11. The quantitative estimate of drug-likeness (QED) is 0.350. The Labute approximate surface area is 217 Å². The Morgan fingerprint density at radius 2 is 1.82 bits per heavy atom. The van der Waals surface area contributed by atoms with Gasteiger partial charge in [-0.05, 0) is 47.5 Å². The van der Waals surface area contributed by atoms with Gasteiger partial charge in [0.1, 0.15) is 17.5 Å². The van der Waals surface area contributed by atoms with E-state index in [2.05, 4.69) is 15.6 Å². The summed E-state index contributed by atoms with van der Waals surface area (Å²) in [7, 11) is 1.48. The van der Waals surface area contributed by atoms with Crippen LogP contribution in [-0.4, -0.2) is 29.8 Å². The van der Waals surface area contributed by atoms with E-state index < -0.39 is 29.7 Å². The number of anilines is 1.